The van der Waals surface area contributed by atoms with Crippen LogP contribution in [0, 0.1) is 6.92 Å². The fourth-order valence-electron chi connectivity index (χ4n) is 2.99. The lowest BCUT2D eigenvalue weighted by Gasteiger charge is -2.19. The van der Waals surface area contributed by atoms with Gasteiger partial charge in [0.25, 0.3) is 5.91 Å². The van der Waals surface area contributed by atoms with E-state index in [1.807, 2.05) is 61.5 Å². The van der Waals surface area contributed by atoms with Gasteiger partial charge in [-0.15, -0.1) is 0 Å². The Kier molecular flexibility index (Phi) is 8.64. The number of nitrogens with zero attached hydrogens (tertiary/aromatic N) is 2. The second kappa shape index (κ2) is 11.6. The van der Waals surface area contributed by atoms with Crippen molar-refractivity contribution in [3.8, 4) is 0 Å². The first-order valence-corrected chi connectivity index (χ1v) is 11.7. The van der Waals surface area contributed by atoms with E-state index in [1.165, 1.54) is 18.0 Å². The number of aryl methyl sites for hydroxylation is 1. The SMILES string of the molecule is CCCSc1ncc(Cl)c(C(=O)N[C@H](Cc2ccccc2)C(=O)Nc2ccccc2C)n1. The summed E-state index contributed by atoms with van der Waals surface area (Å²) in [7, 11) is 0. The molecule has 0 radical (unpaired) electrons. The Hall–Kier alpha value is -2.90. The van der Waals surface area contributed by atoms with E-state index < -0.39 is 11.9 Å². The minimum absolute atomic E-state index is 0.0574. The highest BCUT2D eigenvalue weighted by Gasteiger charge is 2.25. The van der Waals surface area contributed by atoms with Crippen LogP contribution in [-0.4, -0.2) is 33.6 Å². The van der Waals surface area contributed by atoms with Crippen molar-refractivity contribution in [1.82, 2.24) is 15.3 Å². The summed E-state index contributed by atoms with van der Waals surface area (Å²) in [6.45, 7) is 3.97. The van der Waals surface area contributed by atoms with Crippen molar-refractivity contribution in [3.63, 3.8) is 0 Å². The van der Waals surface area contributed by atoms with Crippen molar-refractivity contribution in [2.45, 2.75) is 37.9 Å². The molecule has 2 N–H and O–H groups in total. The molecule has 8 heteroatoms. The smallest absolute Gasteiger partial charge is 0.272 e. The molecule has 2 aromatic carbocycles. The average molecular weight is 469 g/mol. The Morgan fingerprint density at radius 3 is 2.53 bits per heavy atom. The van der Waals surface area contributed by atoms with Crippen molar-refractivity contribution < 1.29 is 9.59 Å². The summed E-state index contributed by atoms with van der Waals surface area (Å²) in [5.74, 6) is -0.00287. The molecule has 166 valence electrons. The van der Waals surface area contributed by atoms with Gasteiger partial charge in [-0.05, 0) is 30.5 Å². The summed E-state index contributed by atoms with van der Waals surface area (Å²) in [5, 5.41) is 6.35. The Bertz CT molecular complexity index is 1080. The lowest BCUT2D eigenvalue weighted by atomic mass is 10.0. The van der Waals surface area contributed by atoms with Crippen LogP contribution in [0.5, 0.6) is 0 Å². The van der Waals surface area contributed by atoms with Gasteiger partial charge in [0.05, 0.1) is 11.2 Å². The molecule has 1 heterocycles. The van der Waals surface area contributed by atoms with Gasteiger partial charge >= 0.3 is 0 Å². The fraction of sp³-hybridized carbons (Fsp3) is 0.250. The van der Waals surface area contributed by atoms with Crippen LogP contribution >= 0.6 is 23.4 Å². The number of amides is 2. The average Bonchev–Trinajstić information content (AvgIpc) is 2.80. The number of nitrogens with one attached hydrogen (secondary N) is 2. The van der Waals surface area contributed by atoms with Crippen LogP contribution in [0.25, 0.3) is 0 Å². The summed E-state index contributed by atoms with van der Waals surface area (Å²) in [5.41, 5.74) is 2.61. The molecular weight excluding hydrogens is 444 g/mol. The van der Waals surface area contributed by atoms with Gasteiger partial charge in [-0.2, -0.15) is 0 Å². The van der Waals surface area contributed by atoms with Crippen LogP contribution in [-0.2, 0) is 11.2 Å². The monoisotopic (exact) mass is 468 g/mol. The summed E-state index contributed by atoms with van der Waals surface area (Å²) in [6, 6.07) is 16.2. The quantitative estimate of drug-likeness (QED) is 0.344. The van der Waals surface area contributed by atoms with Crippen LogP contribution in [0.2, 0.25) is 5.02 Å². The van der Waals surface area contributed by atoms with Crippen LogP contribution in [0.4, 0.5) is 5.69 Å². The Morgan fingerprint density at radius 2 is 1.81 bits per heavy atom. The Labute approximate surface area is 197 Å². The number of thioether (sulfide) groups is 1. The lowest BCUT2D eigenvalue weighted by molar-refractivity contribution is -0.118. The molecular formula is C24H25ClN4O2S. The van der Waals surface area contributed by atoms with E-state index >= 15 is 0 Å². The van der Waals surface area contributed by atoms with Gasteiger partial charge in [0.2, 0.25) is 5.91 Å². The summed E-state index contributed by atoms with van der Waals surface area (Å²) >= 11 is 7.65. The number of carbonyl (C=O) groups excluding carboxylic acids is 2. The second-order valence-electron chi connectivity index (χ2n) is 7.22. The highest BCUT2D eigenvalue weighted by molar-refractivity contribution is 7.99. The van der Waals surface area contributed by atoms with Crippen LogP contribution < -0.4 is 10.6 Å². The number of halogens is 1. The third-order valence-electron chi connectivity index (χ3n) is 4.68. The van der Waals surface area contributed by atoms with Gasteiger partial charge in [0.1, 0.15) is 6.04 Å². The topological polar surface area (TPSA) is 84.0 Å². The molecule has 0 spiro atoms. The number of rotatable bonds is 9. The van der Waals surface area contributed by atoms with Crippen LogP contribution in [0.1, 0.15) is 35.0 Å². The fourth-order valence-corrected chi connectivity index (χ4v) is 3.84. The second-order valence-corrected chi connectivity index (χ2v) is 8.69. The first-order chi connectivity index (χ1) is 15.5. The number of hydrogen-bond donors (Lipinski definition) is 2. The normalized spacial score (nSPS) is 11.6. The number of para-hydroxylation sites is 1. The zero-order valence-electron chi connectivity index (χ0n) is 18.0. The third kappa shape index (κ3) is 6.55. The van der Waals surface area contributed by atoms with Gasteiger partial charge < -0.3 is 10.6 Å². The van der Waals surface area contributed by atoms with E-state index in [-0.39, 0.29) is 16.6 Å². The zero-order valence-corrected chi connectivity index (χ0v) is 19.5. The van der Waals surface area contributed by atoms with Gasteiger partial charge in [0, 0.05) is 17.9 Å². The van der Waals surface area contributed by atoms with Crippen molar-refractivity contribution >= 4 is 40.9 Å². The third-order valence-corrected chi connectivity index (χ3v) is 6.02. The summed E-state index contributed by atoms with van der Waals surface area (Å²) < 4.78 is 0. The number of carbonyl (C=O) groups is 2. The minimum atomic E-state index is -0.817. The van der Waals surface area contributed by atoms with Crippen LogP contribution in [0.15, 0.2) is 66.0 Å². The molecule has 0 bridgehead atoms. The molecule has 0 saturated carbocycles. The predicted octanol–water partition coefficient (Wildman–Crippen LogP) is 4.92. The summed E-state index contributed by atoms with van der Waals surface area (Å²) in [6.07, 6.45) is 2.70. The zero-order chi connectivity index (χ0) is 22.9. The maximum absolute atomic E-state index is 13.1. The largest absolute Gasteiger partial charge is 0.338 e. The number of anilines is 1. The number of hydrogen-bond acceptors (Lipinski definition) is 5. The van der Waals surface area contributed by atoms with E-state index in [2.05, 4.69) is 27.5 Å². The Balaban J connectivity index is 1.82. The van der Waals surface area contributed by atoms with Crippen molar-refractivity contribution in [2.24, 2.45) is 0 Å². The molecule has 0 aliphatic heterocycles. The lowest BCUT2D eigenvalue weighted by Crippen LogP contribution is -2.45. The van der Waals surface area contributed by atoms with E-state index in [4.69, 9.17) is 11.6 Å². The molecule has 1 atom stereocenters. The molecule has 0 unspecified atom stereocenters. The van der Waals surface area contributed by atoms with Gasteiger partial charge in [0.15, 0.2) is 10.9 Å². The molecule has 2 amide bonds. The highest BCUT2D eigenvalue weighted by Crippen LogP contribution is 2.20. The van der Waals surface area contributed by atoms with Crippen molar-refractivity contribution in [3.05, 3.63) is 82.6 Å². The molecule has 1 aromatic heterocycles. The molecule has 3 rings (SSSR count). The maximum atomic E-state index is 13.1. The molecule has 3 aromatic rings. The predicted molar refractivity (Wildman–Crippen MR) is 129 cm³/mol. The molecule has 0 aliphatic rings. The van der Waals surface area contributed by atoms with Crippen molar-refractivity contribution in [2.75, 3.05) is 11.1 Å². The first kappa shape index (κ1) is 23.8. The number of benzene rings is 2. The Morgan fingerprint density at radius 1 is 1.09 bits per heavy atom. The summed E-state index contributed by atoms with van der Waals surface area (Å²) in [4.78, 5) is 34.6. The minimum Gasteiger partial charge on any atom is -0.338 e. The van der Waals surface area contributed by atoms with E-state index in [9.17, 15) is 9.59 Å². The molecule has 32 heavy (non-hydrogen) atoms. The van der Waals surface area contributed by atoms with Gasteiger partial charge in [-0.1, -0.05) is 78.8 Å². The first-order valence-electron chi connectivity index (χ1n) is 10.3. The van der Waals surface area contributed by atoms with E-state index in [1.54, 1.807) is 0 Å². The number of aromatic nitrogens is 2. The van der Waals surface area contributed by atoms with Gasteiger partial charge in [-0.3, -0.25) is 9.59 Å². The van der Waals surface area contributed by atoms with E-state index in [0.717, 1.165) is 23.3 Å². The highest BCUT2D eigenvalue weighted by atomic mass is 35.5. The standard InChI is InChI=1S/C24H25ClN4O2S/c1-3-13-32-24-26-15-18(25)21(29-24)23(31)28-20(14-17-10-5-4-6-11-17)22(30)27-19-12-8-7-9-16(19)2/h4-12,15,20H,3,13-14H2,1-2H3,(H,27,30)(H,28,31)/t20-/m1/s1. The maximum Gasteiger partial charge on any atom is 0.272 e. The van der Waals surface area contributed by atoms with Crippen LogP contribution in [0.3, 0.4) is 0 Å². The van der Waals surface area contributed by atoms with Crippen molar-refractivity contribution in [1.29, 1.82) is 0 Å². The molecule has 0 saturated heterocycles. The molecule has 0 fully saturated rings. The van der Waals surface area contributed by atoms with Gasteiger partial charge in [-0.25, -0.2) is 9.97 Å². The molecule has 6 nitrogen and oxygen atoms in total. The molecule has 0 aliphatic carbocycles. The van der Waals surface area contributed by atoms with E-state index in [0.29, 0.717) is 17.3 Å².